The van der Waals surface area contributed by atoms with Crippen molar-refractivity contribution in [3.63, 3.8) is 0 Å². The molecule has 1 aliphatic rings. The molecule has 0 bridgehead atoms. The second-order valence-corrected chi connectivity index (χ2v) is 7.72. The highest BCUT2D eigenvalue weighted by Crippen LogP contribution is 2.32. The highest BCUT2D eigenvalue weighted by molar-refractivity contribution is 6.07. The average molecular weight is 428 g/mol. The number of carbonyl (C=O) groups is 2. The average Bonchev–Trinajstić information content (AvgIpc) is 3.37. The fourth-order valence-electron chi connectivity index (χ4n) is 3.93. The number of nitrogens with zero attached hydrogens (tertiary/aromatic N) is 3. The zero-order valence-corrected chi connectivity index (χ0v) is 17.5. The summed E-state index contributed by atoms with van der Waals surface area (Å²) in [5.74, 6) is 0.688. The Balaban J connectivity index is 1.41. The Kier molecular flexibility index (Phi) is 4.62. The zero-order chi connectivity index (χ0) is 22.3. The Morgan fingerprint density at radius 3 is 2.59 bits per heavy atom. The molecule has 0 spiro atoms. The van der Waals surface area contributed by atoms with Gasteiger partial charge in [-0.15, -0.1) is 0 Å². The number of benzene rings is 3. The van der Waals surface area contributed by atoms with Gasteiger partial charge in [-0.3, -0.25) is 9.69 Å². The highest BCUT2D eigenvalue weighted by Gasteiger charge is 2.49. The van der Waals surface area contributed by atoms with E-state index in [2.05, 4.69) is 15.5 Å². The van der Waals surface area contributed by atoms with E-state index in [0.717, 1.165) is 15.7 Å². The van der Waals surface area contributed by atoms with Crippen LogP contribution in [-0.4, -0.2) is 34.1 Å². The van der Waals surface area contributed by atoms with E-state index in [-0.39, 0.29) is 18.3 Å². The SMILES string of the molecule is COc1ccccc1-c1noc(CN2C(=O)NC(C)(c3ccc4ccccc4c3)C2=O)n1. The van der Waals surface area contributed by atoms with E-state index < -0.39 is 11.6 Å². The quantitative estimate of drug-likeness (QED) is 0.485. The summed E-state index contributed by atoms with van der Waals surface area (Å²) >= 11 is 0. The first-order valence-electron chi connectivity index (χ1n) is 10.1. The minimum atomic E-state index is -1.19. The van der Waals surface area contributed by atoms with Crippen molar-refractivity contribution in [3.05, 3.63) is 78.2 Å². The van der Waals surface area contributed by atoms with Gasteiger partial charge in [0.1, 0.15) is 17.8 Å². The number of hydrogen-bond acceptors (Lipinski definition) is 6. The largest absolute Gasteiger partial charge is 0.496 e. The van der Waals surface area contributed by atoms with E-state index in [1.165, 1.54) is 0 Å². The minimum absolute atomic E-state index is 0.129. The normalized spacial score (nSPS) is 18.2. The lowest BCUT2D eigenvalue weighted by molar-refractivity contribution is -0.131. The predicted molar refractivity (Wildman–Crippen MR) is 117 cm³/mol. The number of ether oxygens (including phenoxy) is 1. The monoisotopic (exact) mass is 428 g/mol. The van der Waals surface area contributed by atoms with E-state index in [4.69, 9.17) is 9.26 Å². The third-order valence-corrected chi connectivity index (χ3v) is 5.71. The molecule has 8 nitrogen and oxygen atoms in total. The van der Waals surface area contributed by atoms with Gasteiger partial charge in [-0.05, 0) is 41.5 Å². The first kappa shape index (κ1) is 19.7. The molecule has 1 N–H and O–H groups in total. The summed E-state index contributed by atoms with van der Waals surface area (Å²) in [6, 6.07) is 20.3. The van der Waals surface area contributed by atoms with Crippen molar-refractivity contribution in [1.82, 2.24) is 20.4 Å². The van der Waals surface area contributed by atoms with Crippen molar-refractivity contribution in [2.75, 3.05) is 7.11 Å². The number of nitrogens with one attached hydrogen (secondary N) is 1. The second kappa shape index (κ2) is 7.49. The lowest BCUT2D eigenvalue weighted by Crippen LogP contribution is -2.40. The van der Waals surface area contributed by atoms with Gasteiger partial charge >= 0.3 is 6.03 Å². The standard InChI is InChI=1S/C24H20N4O4/c1-24(17-12-11-15-7-3-4-8-16(15)13-17)22(29)28(23(30)26-24)14-20-25-21(27-32-20)18-9-5-6-10-19(18)31-2/h3-13H,14H2,1-2H3,(H,26,30). The second-order valence-electron chi connectivity index (χ2n) is 7.72. The van der Waals surface area contributed by atoms with E-state index in [9.17, 15) is 9.59 Å². The number of urea groups is 1. The molecular formula is C24H20N4O4. The van der Waals surface area contributed by atoms with Crippen LogP contribution in [0.25, 0.3) is 22.2 Å². The zero-order valence-electron chi connectivity index (χ0n) is 17.5. The number of methoxy groups -OCH3 is 1. The van der Waals surface area contributed by atoms with Crippen LogP contribution >= 0.6 is 0 Å². The van der Waals surface area contributed by atoms with Crippen molar-refractivity contribution in [2.45, 2.75) is 19.0 Å². The van der Waals surface area contributed by atoms with Crippen LogP contribution in [0.4, 0.5) is 4.79 Å². The third kappa shape index (κ3) is 3.17. The van der Waals surface area contributed by atoms with E-state index in [1.54, 1.807) is 26.2 Å². The number of rotatable bonds is 5. The first-order chi connectivity index (χ1) is 15.5. The lowest BCUT2D eigenvalue weighted by atomic mass is 9.90. The molecule has 0 saturated carbocycles. The maximum absolute atomic E-state index is 13.3. The topological polar surface area (TPSA) is 97.6 Å². The highest BCUT2D eigenvalue weighted by atomic mass is 16.5. The van der Waals surface area contributed by atoms with E-state index in [1.807, 2.05) is 54.6 Å². The van der Waals surface area contributed by atoms with Gasteiger partial charge in [0.2, 0.25) is 11.7 Å². The van der Waals surface area contributed by atoms with Gasteiger partial charge < -0.3 is 14.6 Å². The molecule has 4 aromatic rings. The summed E-state index contributed by atoms with van der Waals surface area (Å²) in [5, 5.41) is 8.85. The molecule has 8 heteroatoms. The molecule has 2 heterocycles. The number of aromatic nitrogens is 2. The molecule has 1 unspecified atom stereocenters. The van der Waals surface area contributed by atoms with Crippen molar-refractivity contribution >= 4 is 22.7 Å². The van der Waals surface area contributed by atoms with Gasteiger partial charge in [-0.2, -0.15) is 4.98 Å². The van der Waals surface area contributed by atoms with Gasteiger partial charge in [-0.1, -0.05) is 53.7 Å². The summed E-state index contributed by atoms with van der Waals surface area (Å²) in [6.45, 7) is 1.57. The summed E-state index contributed by atoms with van der Waals surface area (Å²) in [7, 11) is 1.56. The number of amides is 3. The van der Waals surface area contributed by atoms with Crippen LogP contribution in [-0.2, 0) is 16.9 Å². The maximum Gasteiger partial charge on any atom is 0.325 e. The maximum atomic E-state index is 13.3. The van der Waals surface area contributed by atoms with Crippen LogP contribution in [0.3, 0.4) is 0 Å². The molecule has 160 valence electrons. The number of carbonyl (C=O) groups excluding carboxylic acids is 2. The number of imide groups is 1. The third-order valence-electron chi connectivity index (χ3n) is 5.71. The molecular weight excluding hydrogens is 408 g/mol. The van der Waals surface area contributed by atoms with E-state index in [0.29, 0.717) is 22.7 Å². The van der Waals surface area contributed by atoms with Gasteiger partial charge in [0.05, 0.1) is 12.7 Å². The van der Waals surface area contributed by atoms with Crippen molar-refractivity contribution in [3.8, 4) is 17.1 Å². The minimum Gasteiger partial charge on any atom is -0.496 e. The first-order valence-corrected chi connectivity index (χ1v) is 10.1. The Bertz CT molecular complexity index is 1350. The molecule has 1 fully saturated rings. The van der Waals surface area contributed by atoms with Gasteiger partial charge in [0.25, 0.3) is 5.91 Å². The molecule has 32 heavy (non-hydrogen) atoms. The van der Waals surface area contributed by atoms with Crippen LogP contribution in [0, 0.1) is 0 Å². The van der Waals surface area contributed by atoms with Gasteiger partial charge in [0.15, 0.2) is 0 Å². The van der Waals surface area contributed by atoms with Crippen LogP contribution in [0.1, 0.15) is 18.4 Å². The Hall–Kier alpha value is -4.20. The Labute approximate surface area is 183 Å². The van der Waals surface area contributed by atoms with Gasteiger partial charge in [-0.25, -0.2) is 4.79 Å². The summed E-state index contributed by atoms with van der Waals surface area (Å²) < 4.78 is 10.7. The van der Waals surface area contributed by atoms with Crippen LogP contribution < -0.4 is 10.1 Å². The number of fused-ring (bicyclic) bond motifs is 1. The van der Waals surface area contributed by atoms with Crippen molar-refractivity contribution in [1.29, 1.82) is 0 Å². The molecule has 1 saturated heterocycles. The molecule has 0 aliphatic carbocycles. The summed E-state index contributed by atoms with van der Waals surface area (Å²) in [5.41, 5.74) is 0.174. The van der Waals surface area contributed by atoms with Crippen LogP contribution in [0.15, 0.2) is 71.3 Å². The fourth-order valence-corrected chi connectivity index (χ4v) is 3.93. The molecule has 1 aliphatic heterocycles. The van der Waals surface area contributed by atoms with Crippen LogP contribution in [0.2, 0.25) is 0 Å². The molecule has 5 rings (SSSR count). The molecule has 0 radical (unpaired) electrons. The smallest absolute Gasteiger partial charge is 0.325 e. The fraction of sp³-hybridized carbons (Fsp3) is 0.167. The molecule has 1 aromatic heterocycles. The van der Waals surface area contributed by atoms with Gasteiger partial charge in [0, 0.05) is 0 Å². The summed E-state index contributed by atoms with van der Waals surface area (Å²) in [4.78, 5) is 31.4. The van der Waals surface area contributed by atoms with Crippen molar-refractivity contribution < 1.29 is 18.8 Å². The van der Waals surface area contributed by atoms with E-state index >= 15 is 0 Å². The van der Waals surface area contributed by atoms with Crippen molar-refractivity contribution in [2.24, 2.45) is 0 Å². The Morgan fingerprint density at radius 1 is 1.03 bits per heavy atom. The molecule has 3 aromatic carbocycles. The lowest BCUT2D eigenvalue weighted by Gasteiger charge is -2.22. The molecule has 3 amide bonds. The molecule has 1 atom stereocenters. The number of hydrogen-bond donors (Lipinski definition) is 1. The number of para-hydroxylation sites is 1. The summed E-state index contributed by atoms with van der Waals surface area (Å²) in [6.07, 6.45) is 0. The van der Waals surface area contributed by atoms with Crippen LogP contribution in [0.5, 0.6) is 5.75 Å². The Morgan fingerprint density at radius 2 is 1.78 bits per heavy atom. The predicted octanol–water partition coefficient (Wildman–Crippen LogP) is 3.87.